The van der Waals surface area contributed by atoms with E-state index in [1.807, 2.05) is 41.1 Å². The van der Waals surface area contributed by atoms with Gasteiger partial charge in [0.25, 0.3) is 5.91 Å². The molecule has 39 heavy (non-hydrogen) atoms. The number of hydrogen-bond donors (Lipinski definition) is 3. The van der Waals surface area contributed by atoms with Gasteiger partial charge in [0.05, 0.1) is 35.3 Å². The molecule has 3 N–H and O–H groups in total. The van der Waals surface area contributed by atoms with Crippen molar-refractivity contribution >= 4 is 28.3 Å². The molecule has 1 aromatic carbocycles. The first-order chi connectivity index (χ1) is 18.7. The van der Waals surface area contributed by atoms with E-state index in [1.165, 1.54) is 26.2 Å². The first kappa shape index (κ1) is 25.6. The molecule has 5 aromatic rings. The summed E-state index contributed by atoms with van der Waals surface area (Å²) in [5.41, 5.74) is 1.69. The smallest absolute Gasteiger partial charge is 0.255 e. The van der Waals surface area contributed by atoms with Gasteiger partial charge >= 0.3 is 0 Å². The van der Waals surface area contributed by atoms with E-state index in [9.17, 15) is 19.6 Å². The van der Waals surface area contributed by atoms with E-state index in [0.29, 0.717) is 28.4 Å². The molecule has 0 spiro atoms. The number of fused-ring (bicyclic) bond motifs is 1. The van der Waals surface area contributed by atoms with Gasteiger partial charge in [0.1, 0.15) is 23.7 Å². The van der Waals surface area contributed by atoms with Crippen LogP contribution in [0.3, 0.4) is 0 Å². The zero-order valence-corrected chi connectivity index (χ0v) is 21.2. The van der Waals surface area contributed by atoms with E-state index in [1.54, 1.807) is 35.4 Å². The van der Waals surface area contributed by atoms with Crippen molar-refractivity contribution in [2.75, 3.05) is 11.9 Å². The second-order valence-corrected chi connectivity index (χ2v) is 9.50. The molecule has 1 amide bonds. The maximum Gasteiger partial charge on any atom is 0.255 e. The largest absolute Gasteiger partial charge is 0.387 e. The second-order valence-electron chi connectivity index (χ2n) is 9.50. The summed E-state index contributed by atoms with van der Waals surface area (Å²) in [4.78, 5) is 26.0. The summed E-state index contributed by atoms with van der Waals surface area (Å²) in [5.74, 6) is -0.0659. The number of nitrogens with zero attached hydrogens (tertiary/aromatic N) is 6. The van der Waals surface area contributed by atoms with Gasteiger partial charge in [-0.2, -0.15) is 5.26 Å². The number of alkyl halides is 1. The van der Waals surface area contributed by atoms with E-state index >= 15 is 0 Å². The number of nitriles is 1. The molecule has 4 aromatic heterocycles. The van der Waals surface area contributed by atoms with E-state index in [-0.39, 0.29) is 12.1 Å². The highest BCUT2D eigenvalue weighted by Gasteiger charge is 2.27. The monoisotopic (exact) mass is 524 g/mol. The van der Waals surface area contributed by atoms with Crippen LogP contribution < -0.4 is 10.6 Å². The number of carbonyl (C=O) groups excluding carboxylic acids is 1. The fraction of sp³-hybridized carbons (Fsp3) is 0.179. The van der Waals surface area contributed by atoms with Gasteiger partial charge in [-0.05, 0) is 50.2 Å². The quantitative estimate of drug-likeness (QED) is 0.279. The molecule has 196 valence electrons. The number of halogens is 1. The van der Waals surface area contributed by atoms with Gasteiger partial charge < -0.3 is 20.3 Å². The molecule has 4 heterocycles. The standard InChI is InChI=1S/C28H25FN8O2/c1-28(2,39)24(29)16-34-27(38)22-15-32-25(37-9-7-19-11-18(13-30)14-33-26(19)37)12-23(22)35-20-3-5-21(6-4-20)36-10-8-31-17-36/h3-12,14-15,17,24,39H,16H2,1-2H3,(H,32,35)(H,34,38). The molecule has 0 aliphatic rings. The zero-order valence-electron chi connectivity index (χ0n) is 21.2. The maximum atomic E-state index is 14.3. The van der Waals surface area contributed by atoms with E-state index in [2.05, 4.69) is 31.7 Å². The Morgan fingerprint density at radius 2 is 1.95 bits per heavy atom. The van der Waals surface area contributed by atoms with Crippen LogP contribution in [0.2, 0.25) is 0 Å². The number of aromatic nitrogens is 5. The number of carbonyl (C=O) groups is 1. The Balaban J connectivity index is 1.49. The second kappa shape index (κ2) is 10.4. The minimum atomic E-state index is -1.66. The van der Waals surface area contributed by atoms with Crippen molar-refractivity contribution in [1.29, 1.82) is 5.26 Å². The van der Waals surface area contributed by atoms with Crippen LogP contribution in [0.25, 0.3) is 22.5 Å². The summed E-state index contributed by atoms with van der Waals surface area (Å²) in [6.45, 7) is 2.32. The number of hydrogen-bond acceptors (Lipinski definition) is 7. The van der Waals surface area contributed by atoms with Crippen LogP contribution in [0.1, 0.15) is 29.8 Å². The van der Waals surface area contributed by atoms with Crippen molar-refractivity contribution in [3.8, 4) is 17.6 Å². The minimum absolute atomic E-state index is 0.191. The van der Waals surface area contributed by atoms with Gasteiger partial charge in [-0.3, -0.25) is 9.36 Å². The Morgan fingerprint density at radius 1 is 1.15 bits per heavy atom. The summed E-state index contributed by atoms with van der Waals surface area (Å²) in [6, 6.07) is 14.9. The SMILES string of the molecule is CC(C)(O)C(F)CNC(=O)c1cnc(-n2ccc3cc(C#N)cnc32)cc1Nc1ccc(-n2ccnc2)cc1. The number of imidazole rings is 1. The number of nitrogens with one attached hydrogen (secondary N) is 2. The van der Waals surface area contributed by atoms with Gasteiger partial charge in [-0.15, -0.1) is 0 Å². The van der Waals surface area contributed by atoms with Gasteiger partial charge in [-0.25, -0.2) is 19.3 Å². The third-order valence-electron chi connectivity index (χ3n) is 6.19. The summed E-state index contributed by atoms with van der Waals surface area (Å²) in [6.07, 6.45) is 8.23. The van der Waals surface area contributed by atoms with Gasteiger partial charge in [-0.1, -0.05) is 0 Å². The lowest BCUT2D eigenvalue weighted by atomic mass is 10.0. The highest BCUT2D eigenvalue weighted by molar-refractivity contribution is 6.00. The maximum absolute atomic E-state index is 14.3. The molecule has 10 nitrogen and oxygen atoms in total. The van der Waals surface area contributed by atoms with E-state index in [0.717, 1.165) is 11.1 Å². The fourth-order valence-electron chi connectivity index (χ4n) is 3.94. The Bertz CT molecular complexity index is 1670. The lowest BCUT2D eigenvalue weighted by molar-refractivity contribution is -0.00177. The van der Waals surface area contributed by atoms with Crippen LogP contribution in [0, 0.1) is 11.3 Å². The van der Waals surface area contributed by atoms with Gasteiger partial charge in [0, 0.05) is 53.8 Å². The first-order valence-electron chi connectivity index (χ1n) is 12.1. The highest BCUT2D eigenvalue weighted by Crippen LogP contribution is 2.26. The van der Waals surface area contributed by atoms with Gasteiger partial charge in [0.15, 0.2) is 0 Å². The highest BCUT2D eigenvalue weighted by atomic mass is 19.1. The van der Waals surface area contributed by atoms with Crippen LogP contribution in [0.15, 0.2) is 79.8 Å². The van der Waals surface area contributed by atoms with Crippen LogP contribution in [-0.4, -0.2) is 53.4 Å². The molecule has 1 atom stereocenters. The molecule has 5 rings (SSSR count). The molecule has 11 heteroatoms. The fourth-order valence-corrected chi connectivity index (χ4v) is 3.94. The Morgan fingerprint density at radius 3 is 2.64 bits per heavy atom. The zero-order chi connectivity index (χ0) is 27.6. The number of rotatable bonds is 8. The predicted octanol–water partition coefficient (Wildman–Crippen LogP) is 4.06. The molecule has 0 saturated carbocycles. The van der Waals surface area contributed by atoms with E-state index < -0.39 is 17.7 Å². The number of pyridine rings is 2. The van der Waals surface area contributed by atoms with Gasteiger partial charge in [0.2, 0.25) is 0 Å². The van der Waals surface area contributed by atoms with Crippen molar-refractivity contribution < 1.29 is 14.3 Å². The summed E-state index contributed by atoms with van der Waals surface area (Å²) in [5, 5.41) is 25.6. The third-order valence-corrected chi connectivity index (χ3v) is 6.19. The Kier molecular flexibility index (Phi) is 6.79. The van der Waals surface area contributed by atoms with Crippen molar-refractivity contribution in [2.45, 2.75) is 25.6 Å². The molecule has 0 aliphatic carbocycles. The lowest BCUT2D eigenvalue weighted by Crippen LogP contribution is -2.42. The first-order valence-corrected chi connectivity index (χ1v) is 12.1. The van der Waals surface area contributed by atoms with Crippen molar-refractivity contribution in [3.63, 3.8) is 0 Å². The van der Waals surface area contributed by atoms with Crippen LogP contribution >= 0.6 is 0 Å². The van der Waals surface area contributed by atoms with Crippen molar-refractivity contribution in [3.05, 3.63) is 90.9 Å². The van der Waals surface area contributed by atoms with Crippen LogP contribution in [0.4, 0.5) is 15.8 Å². The molecule has 0 bridgehead atoms. The van der Waals surface area contributed by atoms with Crippen molar-refractivity contribution in [2.24, 2.45) is 0 Å². The lowest BCUT2D eigenvalue weighted by Gasteiger charge is -2.22. The number of benzene rings is 1. The molecule has 1 unspecified atom stereocenters. The topological polar surface area (TPSA) is 134 Å². The van der Waals surface area contributed by atoms with Crippen LogP contribution in [0.5, 0.6) is 0 Å². The third kappa shape index (κ3) is 5.46. The summed E-state index contributed by atoms with van der Waals surface area (Å²) >= 11 is 0. The summed E-state index contributed by atoms with van der Waals surface area (Å²) in [7, 11) is 0. The summed E-state index contributed by atoms with van der Waals surface area (Å²) < 4.78 is 17.9. The minimum Gasteiger partial charge on any atom is -0.387 e. The molecule has 0 fully saturated rings. The predicted molar refractivity (Wildman–Crippen MR) is 144 cm³/mol. The molecular weight excluding hydrogens is 499 g/mol. The number of aliphatic hydroxyl groups is 1. The normalized spacial score (nSPS) is 12.2. The van der Waals surface area contributed by atoms with E-state index in [4.69, 9.17) is 0 Å². The molecule has 0 radical (unpaired) electrons. The average Bonchev–Trinajstić information content (AvgIpc) is 3.61. The Labute approximate surface area is 223 Å². The van der Waals surface area contributed by atoms with Crippen molar-refractivity contribution in [1.82, 2.24) is 29.4 Å². The molecule has 0 aliphatic heterocycles. The van der Waals surface area contributed by atoms with Crippen LogP contribution in [-0.2, 0) is 0 Å². The molecular formula is C28H25FN8O2. The Hall–Kier alpha value is -5.08. The molecule has 0 saturated heterocycles. The average molecular weight is 525 g/mol. The number of anilines is 2. The number of amides is 1.